The van der Waals surface area contributed by atoms with Gasteiger partial charge in [-0.05, 0) is 25.7 Å². The van der Waals surface area contributed by atoms with E-state index in [2.05, 4.69) is 27.8 Å². The van der Waals surface area contributed by atoms with Crippen LogP contribution in [-0.4, -0.2) is 28.2 Å². The summed E-state index contributed by atoms with van der Waals surface area (Å²) in [5.74, 6) is 0.655. The predicted octanol–water partition coefficient (Wildman–Crippen LogP) is 2.56. The second-order valence-electron chi connectivity index (χ2n) is 4.64. The number of nitrogens with zero attached hydrogens (tertiary/aromatic N) is 1. The smallest absolute Gasteiger partial charge is 0.225 e. The molecule has 2 rings (SSSR count). The van der Waals surface area contributed by atoms with Gasteiger partial charge in [-0.25, -0.2) is 0 Å². The molecule has 0 aromatic heterocycles. The van der Waals surface area contributed by atoms with Gasteiger partial charge in [0.2, 0.25) is 5.91 Å². The predicted molar refractivity (Wildman–Crippen MR) is 60.5 cm³/mol. The first-order valence-corrected chi connectivity index (χ1v) is 6.54. The van der Waals surface area contributed by atoms with Crippen molar-refractivity contribution in [1.29, 1.82) is 0 Å². The molecule has 2 aliphatic rings. The molecule has 0 spiro atoms. The highest BCUT2D eigenvalue weighted by Gasteiger charge is 2.34. The molecule has 3 atom stereocenters. The molecule has 0 aromatic carbocycles. The van der Waals surface area contributed by atoms with Crippen molar-refractivity contribution in [3.63, 3.8) is 0 Å². The summed E-state index contributed by atoms with van der Waals surface area (Å²) in [6, 6.07) is 0.519. The van der Waals surface area contributed by atoms with Crippen LogP contribution in [0.25, 0.3) is 0 Å². The lowest BCUT2D eigenvalue weighted by Crippen LogP contribution is -2.40. The van der Waals surface area contributed by atoms with Gasteiger partial charge in [-0.3, -0.25) is 4.79 Å². The topological polar surface area (TPSA) is 20.3 Å². The lowest BCUT2D eigenvalue weighted by atomic mass is 9.94. The van der Waals surface area contributed by atoms with Gasteiger partial charge in [0, 0.05) is 23.3 Å². The SMILES string of the molecule is CC1CCN(C2CCCC(Br)C2)C1=O. The van der Waals surface area contributed by atoms with E-state index >= 15 is 0 Å². The average molecular weight is 260 g/mol. The van der Waals surface area contributed by atoms with Crippen LogP contribution < -0.4 is 0 Å². The third-order valence-corrected chi connectivity index (χ3v) is 4.36. The van der Waals surface area contributed by atoms with Crippen LogP contribution in [-0.2, 0) is 4.79 Å². The number of carbonyl (C=O) groups excluding carboxylic acids is 1. The van der Waals surface area contributed by atoms with Gasteiger partial charge in [0.1, 0.15) is 0 Å². The van der Waals surface area contributed by atoms with E-state index in [-0.39, 0.29) is 5.92 Å². The third kappa shape index (κ3) is 1.97. The standard InChI is InChI=1S/C11H18BrNO/c1-8-5-6-13(11(8)14)10-4-2-3-9(12)7-10/h8-10H,2-7H2,1H3. The zero-order valence-electron chi connectivity index (χ0n) is 8.71. The van der Waals surface area contributed by atoms with E-state index in [9.17, 15) is 4.79 Å². The summed E-state index contributed by atoms with van der Waals surface area (Å²) in [6.45, 7) is 3.04. The maximum atomic E-state index is 11.8. The molecule has 14 heavy (non-hydrogen) atoms. The molecule has 0 radical (unpaired) electrons. The summed E-state index contributed by atoms with van der Waals surface area (Å²) in [4.78, 5) is 14.6. The first-order chi connectivity index (χ1) is 6.68. The van der Waals surface area contributed by atoms with E-state index in [1.54, 1.807) is 0 Å². The van der Waals surface area contributed by atoms with Gasteiger partial charge in [-0.2, -0.15) is 0 Å². The number of rotatable bonds is 1. The Kier molecular flexibility index (Phi) is 3.15. The van der Waals surface area contributed by atoms with E-state index < -0.39 is 0 Å². The van der Waals surface area contributed by atoms with Gasteiger partial charge in [-0.15, -0.1) is 0 Å². The number of alkyl halides is 1. The van der Waals surface area contributed by atoms with Crippen LogP contribution in [0.1, 0.15) is 39.0 Å². The van der Waals surface area contributed by atoms with Crippen molar-refractivity contribution in [2.75, 3.05) is 6.54 Å². The van der Waals surface area contributed by atoms with Crippen molar-refractivity contribution in [2.24, 2.45) is 5.92 Å². The van der Waals surface area contributed by atoms with Crippen molar-refractivity contribution in [1.82, 2.24) is 4.90 Å². The number of hydrogen-bond acceptors (Lipinski definition) is 1. The molecule has 2 nitrogen and oxygen atoms in total. The van der Waals surface area contributed by atoms with E-state index in [1.807, 2.05) is 0 Å². The number of hydrogen-bond donors (Lipinski definition) is 0. The number of carbonyl (C=O) groups is 1. The molecule has 3 heteroatoms. The largest absolute Gasteiger partial charge is 0.339 e. The van der Waals surface area contributed by atoms with Gasteiger partial charge in [0.15, 0.2) is 0 Å². The Hall–Kier alpha value is -0.0500. The zero-order chi connectivity index (χ0) is 10.1. The van der Waals surface area contributed by atoms with Crippen LogP contribution >= 0.6 is 15.9 Å². The van der Waals surface area contributed by atoms with Gasteiger partial charge < -0.3 is 4.90 Å². The first kappa shape index (κ1) is 10.5. The number of likely N-dealkylation sites (tertiary alicyclic amines) is 1. The minimum Gasteiger partial charge on any atom is -0.339 e. The van der Waals surface area contributed by atoms with Crippen molar-refractivity contribution in [2.45, 2.75) is 49.9 Å². The van der Waals surface area contributed by atoms with Crippen LogP contribution in [0.15, 0.2) is 0 Å². The number of amides is 1. The van der Waals surface area contributed by atoms with Crippen molar-refractivity contribution < 1.29 is 4.79 Å². The Morgan fingerprint density at radius 3 is 2.71 bits per heavy atom. The van der Waals surface area contributed by atoms with Crippen LogP contribution in [0.2, 0.25) is 0 Å². The summed E-state index contributed by atoms with van der Waals surface area (Å²) < 4.78 is 0. The summed E-state index contributed by atoms with van der Waals surface area (Å²) in [6.07, 6.45) is 5.95. The first-order valence-electron chi connectivity index (χ1n) is 5.63. The van der Waals surface area contributed by atoms with Gasteiger partial charge in [0.05, 0.1) is 0 Å². The van der Waals surface area contributed by atoms with E-state index in [0.29, 0.717) is 16.8 Å². The van der Waals surface area contributed by atoms with Crippen LogP contribution in [0.3, 0.4) is 0 Å². The summed E-state index contributed by atoms with van der Waals surface area (Å²) in [5.41, 5.74) is 0. The third-order valence-electron chi connectivity index (χ3n) is 3.53. The highest BCUT2D eigenvalue weighted by molar-refractivity contribution is 9.09. The second kappa shape index (κ2) is 4.21. The van der Waals surface area contributed by atoms with Crippen LogP contribution in [0.5, 0.6) is 0 Å². The Morgan fingerprint density at radius 1 is 1.36 bits per heavy atom. The maximum absolute atomic E-state index is 11.8. The highest BCUT2D eigenvalue weighted by Crippen LogP contribution is 2.31. The minimum atomic E-state index is 0.269. The van der Waals surface area contributed by atoms with E-state index in [1.165, 1.54) is 19.3 Å². The lowest BCUT2D eigenvalue weighted by molar-refractivity contribution is -0.132. The Balaban J connectivity index is 1.97. The minimum absolute atomic E-state index is 0.269. The van der Waals surface area contributed by atoms with Crippen LogP contribution in [0.4, 0.5) is 0 Å². The van der Waals surface area contributed by atoms with Crippen molar-refractivity contribution in [3.05, 3.63) is 0 Å². The van der Waals surface area contributed by atoms with Gasteiger partial charge in [0.25, 0.3) is 0 Å². The van der Waals surface area contributed by atoms with Gasteiger partial charge >= 0.3 is 0 Å². The molecule has 80 valence electrons. The molecule has 2 fully saturated rings. The summed E-state index contributed by atoms with van der Waals surface area (Å²) >= 11 is 3.67. The normalized spacial score (nSPS) is 39.1. The Morgan fingerprint density at radius 2 is 2.14 bits per heavy atom. The fourth-order valence-corrected chi connectivity index (χ4v) is 3.36. The Bertz CT molecular complexity index is 231. The Labute approximate surface area is 94.2 Å². The molecule has 0 N–H and O–H groups in total. The quantitative estimate of drug-likeness (QED) is 0.663. The summed E-state index contributed by atoms with van der Waals surface area (Å²) in [7, 11) is 0. The molecule has 3 unspecified atom stereocenters. The fourth-order valence-electron chi connectivity index (χ4n) is 2.60. The molecule has 1 saturated carbocycles. The monoisotopic (exact) mass is 259 g/mol. The van der Waals surface area contributed by atoms with E-state index in [4.69, 9.17) is 0 Å². The van der Waals surface area contributed by atoms with Crippen LogP contribution in [0, 0.1) is 5.92 Å². The molecule has 1 aliphatic carbocycles. The molecule has 1 heterocycles. The number of halogens is 1. The van der Waals surface area contributed by atoms with Crippen molar-refractivity contribution >= 4 is 21.8 Å². The maximum Gasteiger partial charge on any atom is 0.225 e. The highest BCUT2D eigenvalue weighted by atomic mass is 79.9. The van der Waals surface area contributed by atoms with E-state index in [0.717, 1.165) is 19.4 Å². The van der Waals surface area contributed by atoms with Crippen molar-refractivity contribution in [3.8, 4) is 0 Å². The molecular formula is C11H18BrNO. The molecular weight excluding hydrogens is 242 g/mol. The molecule has 1 aliphatic heterocycles. The molecule has 1 amide bonds. The zero-order valence-corrected chi connectivity index (χ0v) is 10.3. The summed E-state index contributed by atoms with van der Waals surface area (Å²) in [5, 5.41) is 0. The lowest BCUT2D eigenvalue weighted by Gasteiger charge is -2.33. The molecule has 0 bridgehead atoms. The average Bonchev–Trinajstić information content (AvgIpc) is 2.48. The fraction of sp³-hybridized carbons (Fsp3) is 0.909. The van der Waals surface area contributed by atoms with Gasteiger partial charge in [-0.1, -0.05) is 29.3 Å². The molecule has 0 aromatic rings. The second-order valence-corrected chi connectivity index (χ2v) is 5.93. The molecule has 1 saturated heterocycles.